The topological polar surface area (TPSA) is 161 Å². The second-order valence-electron chi connectivity index (χ2n) is 19.4. The van der Waals surface area contributed by atoms with Crippen molar-refractivity contribution in [3.05, 3.63) is 71.8 Å². The van der Waals surface area contributed by atoms with E-state index in [4.69, 9.17) is 49.2 Å². The molecule has 2 aromatic rings. The monoisotopic (exact) mass is 966 g/mol. The molecule has 15 heteroatoms. The fraction of sp³-hybridized carbons (Fsp3) is 0.660. The number of halogens is 3. The van der Waals surface area contributed by atoms with Crippen LogP contribution in [-0.2, 0) is 33.4 Å². The molecular weight excluding hydrogens is 891 g/mol. The lowest BCUT2D eigenvalue weighted by atomic mass is 9.75. The van der Waals surface area contributed by atoms with E-state index in [0.717, 1.165) is 43.2 Å². The second-order valence-corrected chi connectivity index (χ2v) is 20.4. The van der Waals surface area contributed by atoms with E-state index in [1.807, 2.05) is 60.7 Å². The zero-order chi connectivity index (χ0) is 48.9. The number of alkyl carbamates (subject to hydrolysis) is 1. The van der Waals surface area contributed by atoms with Crippen LogP contribution in [0.3, 0.4) is 0 Å². The first-order valence-electron chi connectivity index (χ1n) is 23.2. The molecule has 2 aliphatic carbocycles. The number of benzene rings is 2. The van der Waals surface area contributed by atoms with Gasteiger partial charge in [0.05, 0.1) is 36.3 Å². The van der Waals surface area contributed by atoms with Gasteiger partial charge in [-0.05, 0) is 119 Å². The molecule has 3 amide bonds. The lowest BCUT2D eigenvalue weighted by Gasteiger charge is -2.37. The lowest BCUT2D eigenvalue weighted by Crippen LogP contribution is -2.47. The normalized spacial score (nSPS) is 22.5. The first kappa shape index (κ1) is 57.5. The summed E-state index contributed by atoms with van der Waals surface area (Å²) in [4.78, 5) is 65.4. The number of nitrogens with one attached hydrogen (secondary N) is 4. The molecule has 4 rings (SSSR count). The number of ether oxygens (including phenoxy) is 3. The summed E-state index contributed by atoms with van der Waals surface area (Å²) in [7, 11) is 0. The van der Waals surface area contributed by atoms with E-state index in [2.05, 4.69) is 62.3 Å². The van der Waals surface area contributed by atoms with Crippen LogP contribution in [0, 0.1) is 35.5 Å². The standard InChI is InChI=1S/C27H42N2O5.C22H33ClN2O3.CH2Cl2/c1-17(2)21-14-13-18(3)15-23(21)33-24(30)16-22(20-11-9-8-10-12-20)29-25(31)19(4)28-26(32)34-27(5,6)7;1-14(2)18-11-10-15(3)12-20(18)28-21(26)13-19(17-8-6-5-7-9-17)24-22(27)16(4)25-23;2-1-3/h8-12,17-19,21-23H,13-16H2,1-7H3,(H,28,32)(H,29,31);5-9,14-16,18-20,25H,10-13H2,1-4H3,(H,24,27);1H2/t18-,19+,21+,22-,23-;15-,16+,18+,19-,20-;/m11./s1. The Hall–Kier alpha value is -3.58. The summed E-state index contributed by atoms with van der Waals surface area (Å²) in [5, 5.41) is 8.55. The number of amides is 3. The Morgan fingerprint density at radius 2 is 0.985 bits per heavy atom. The molecule has 2 aliphatic rings. The Labute approximate surface area is 404 Å². The van der Waals surface area contributed by atoms with Crippen molar-refractivity contribution < 1.29 is 38.2 Å². The van der Waals surface area contributed by atoms with Crippen molar-refractivity contribution >= 4 is 64.8 Å². The number of carbonyl (C=O) groups excluding carboxylic acids is 5. The number of hydrogen-bond donors (Lipinski definition) is 4. The number of hydrogen-bond acceptors (Lipinski definition) is 9. The van der Waals surface area contributed by atoms with Crippen molar-refractivity contribution in [3.63, 3.8) is 0 Å². The van der Waals surface area contributed by atoms with Gasteiger partial charge >= 0.3 is 18.0 Å². The highest BCUT2D eigenvalue weighted by molar-refractivity contribution is 6.40. The van der Waals surface area contributed by atoms with Crippen LogP contribution < -0.4 is 20.8 Å². The summed E-state index contributed by atoms with van der Waals surface area (Å²) in [5.41, 5.74) is 1.00. The molecule has 4 N–H and O–H groups in total. The summed E-state index contributed by atoms with van der Waals surface area (Å²) in [6.07, 6.45) is 5.56. The maximum absolute atomic E-state index is 13.0. The van der Waals surface area contributed by atoms with Gasteiger partial charge in [-0.2, -0.15) is 0 Å². The van der Waals surface area contributed by atoms with E-state index >= 15 is 0 Å². The average Bonchev–Trinajstić information content (AvgIpc) is 3.23. The minimum absolute atomic E-state index is 0.0185. The van der Waals surface area contributed by atoms with Gasteiger partial charge < -0.3 is 30.2 Å². The van der Waals surface area contributed by atoms with Crippen LogP contribution in [0.4, 0.5) is 4.79 Å². The zero-order valence-corrected chi connectivity index (χ0v) is 42.7. The smallest absolute Gasteiger partial charge is 0.408 e. The lowest BCUT2D eigenvalue weighted by molar-refractivity contribution is -0.157. The molecule has 12 nitrogen and oxygen atoms in total. The quantitative estimate of drug-likeness (QED) is 0.0555. The van der Waals surface area contributed by atoms with Crippen molar-refractivity contribution in [2.75, 3.05) is 5.34 Å². The Balaban J connectivity index is 0.000000428. The molecule has 2 fully saturated rings. The molecular formula is C50H77Cl3N4O8. The fourth-order valence-corrected chi connectivity index (χ4v) is 8.43. The van der Waals surface area contributed by atoms with Crippen molar-refractivity contribution in [1.29, 1.82) is 0 Å². The van der Waals surface area contributed by atoms with Gasteiger partial charge in [-0.1, -0.05) is 115 Å². The van der Waals surface area contributed by atoms with Crippen LogP contribution in [0.25, 0.3) is 0 Å². The number of alkyl halides is 2. The third-order valence-electron chi connectivity index (χ3n) is 12.0. The molecule has 0 radical (unpaired) electrons. The minimum Gasteiger partial charge on any atom is -0.462 e. The van der Waals surface area contributed by atoms with Gasteiger partial charge in [-0.3, -0.25) is 19.2 Å². The molecule has 65 heavy (non-hydrogen) atoms. The molecule has 0 saturated heterocycles. The predicted molar refractivity (Wildman–Crippen MR) is 260 cm³/mol. The highest BCUT2D eigenvalue weighted by Crippen LogP contribution is 2.37. The van der Waals surface area contributed by atoms with E-state index in [9.17, 15) is 24.0 Å². The largest absolute Gasteiger partial charge is 0.462 e. The molecule has 366 valence electrons. The highest BCUT2D eigenvalue weighted by Gasteiger charge is 2.36. The van der Waals surface area contributed by atoms with E-state index in [0.29, 0.717) is 35.5 Å². The summed E-state index contributed by atoms with van der Waals surface area (Å²) in [6.45, 7) is 21.6. The van der Waals surface area contributed by atoms with Crippen molar-refractivity contribution in [2.45, 2.75) is 170 Å². The Kier molecular flexibility index (Phi) is 25.9. The molecule has 0 unspecified atom stereocenters. The first-order valence-corrected chi connectivity index (χ1v) is 24.6. The Morgan fingerprint density at radius 3 is 1.32 bits per heavy atom. The van der Waals surface area contributed by atoms with Gasteiger partial charge in [0.2, 0.25) is 11.8 Å². The fourth-order valence-electron chi connectivity index (χ4n) is 8.34. The van der Waals surface area contributed by atoms with Crippen LogP contribution in [0.1, 0.15) is 151 Å². The maximum atomic E-state index is 13.0. The third-order valence-corrected chi connectivity index (χ3v) is 12.3. The van der Waals surface area contributed by atoms with Crippen LogP contribution >= 0.6 is 35.0 Å². The van der Waals surface area contributed by atoms with E-state index in [1.165, 1.54) is 6.42 Å². The summed E-state index contributed by atoms with van der Waals surface area (Å²) in [6, 6.07) is 16.4. The molecule has 0 aliphatic heterocycles. The van der Waals surface area contributed by atoms with E-state index in [-0.39, 0.29) is 48.2 Å². The van der Waals surface area contributed by atoms with Gasteiger partial charge in [-0.15, -0.1) is 23.2 Å². The van der Waals surface area contributed by atoms with Crippen LogP contribution in [0.15, 0.2) is 60.7 Å². The van der Waals surface area contributed by atoms with Crippen molar-refractivity contribution in [3.8, 4) is 0 Å². The van der Waals surface area contributed by atoms with Crippen LogP contribution in [-0.4, -0.2) is 65.1 Å². The van der Waals surface area contributed by atoms with E-state index < -0.39 is 41.8 Å². The van der Waals surface area contributed by atoms with Gasteiger partial charge in [0, 0.05) is 0 Å². The Morgan fingerprint density at radius 1 is 0.615 bits per heavy atom. The molecule has 10 atom stereocenters. The number of carbonyl (C=O) groups is 5. The van der Waals surface area contributed by atoms with Gasteiger partial charge in [0.1, 0.15) is 23.9 Å². The molecule has 0 bridgehead atoms. The van der Waals surface area contributed by atoms with Crippen LogP contribution in [0.2, 0.25) is 0 Å². The SMILES string of the molecule is CC(C)[C@@H]1CC[C@@H](C)C[C@H]1OC(=O)C[C@@H](NC(=O)[C@H](C)NC(=O)OC(C)(C)C)c1ccccc1.CC(C)[C@@H]1CC[C@@H](C)C[C@H]1OC(=O)C[C@@H](NC(=O)[C@H](C)NCl)c1ccccc1.ClCCl. The summed E-state index contributed by atoms with van der Waals surface area (Å²) in [5.74, 6) is 1.48. The van der Waals surface area contributed by atoms with Crippen molar-refractivity contribution in [1.82, 2.24) is 20.8 Å². The van der Waals surface area contributed by atoms with Crippen LogP contribution in [0.5, 0.6) is 0 Å². The molecule has 0 aromatic heterocycles. The number of rotatable bonds is 16. The Bertz CT molecular complexity index is 1730. The summed E-state index contributed by atoms with van der Waals surface area (Å²) < 4.78 is 17.1. The maximum Gasteiger partial charge on any atom is 0.408 e. The average molecular weight is 969 g/mol. The zero-order valence-electron chi connectivity index (χ0n) is 40.5. The molecule has 2 saturated carbocycles. The van der Waals surface area contributed by atoms with Gasteiger partial charge in [0.15, 0.2) is 0 Å². The van der Waals surface area contributed by atoms with Gasteiger partial charge in [0.25, 0.3) is 0 Å². The number of esters is 2. The predicted octanol–water partition coefficient (Wildman–Crippen LogP) is 10.9. The molecule has 2 aromatic carbocycles. The third kappa shape index (κ3) is 21.7. The second kappa shape index (κ2) is 29.2. The van der Waals surface area contributed by atoms with Crippen molar-refractivity contribution in [2.24, 2.45) is 35.5 Å². The minimum atomic E-state index is -0.832. The van der Waals surface area contributed by atoms with Gasteiger partial charge in [-0.25, -0.2) is 9.63 Å². The van der Waals surface area contributed by atoms with E-state index in [1.54, 1.807) is 34.6 Å². The first-order chi connectivity index (χ1) is 30.6. The molecule has 0 spiro atoms. The highest BCUT2D eigenvalue weighted by atomic mass is 35.5. The molecule has 0 heterocycles. The summed E-state index contributed by atoms with van der Waals surface area (Å²) >= 11 is 15.1.